The first-order chi connectivity index (χ1) is 7.65. The van der Waals surface area contributed by atoms with Crippen molar-refractivity contribution in [3.8, 4) is 0 Å². The van der Waals surface area contributed by atoms with E-state index in [0.717, 1.165) is 0 Å². The molecule has 0 saturated carbocycles. The SMILES string of the molecule is CCN(CC)C(CN)c1c(F)cccc1F. The Kier molecular flexibility index (Phi) is 4.83. The number of nitrogens with two attached hydrogens (primary N) is 1. The maximum absolute atomic E-state index is 13.6. The normalized spacial score (nSPS) is 13.1. The van der Waals surface area contributed by atoms with Crippen LogP contribution in [0.2, 0.25) is 0 Å². The Morgan fingerprint density at radius 2 is 1.69 bits per heavy atom. The topological polar surface area (TPSA) is 29.3 Å². The van der Waals surface area contributed by atoms with Crippen LogP contribution in [0.1, 0.15) is 25.5 Å². The Morgan fingerprint density at radius 1 is 1.19 bits per heavy atom. The molecule has 0 fully saturated rings. The van der Waals surface area contributed by atoms with Crippen LogP contribution in [0.5, 0.6) is 0 Å². The molecular formula is C12H18F2N2. The lowest BCUT2D eigenvalue weighted by atomic mass is 10.0. The number of nitrogens with zero attached hydrogens (tertiary/aromatic N) is 1. The van der Waals surface area contributed by atoms with Crippen molar-refractivity contribution in [1.29, 1.82) is 0 Å². The molecule has 1 unspecified atom stereocenters. The third-order valence-electron chi connectivity index (χ3n) is 2.81. The highest BCUT2D eigenvalue weighted by molar-refractivity contribution is 5.23. The summed E-state index contributed by atoms with van der Waals surface area (Å²) in [7, 11) is 0. The predicted octanol–water partition coefficient (Wildman–Crippen LogP) is 2.31. The van der Waals surface area contributed by atoms with E-state index in [2.05, 4.69) is 0 Å². The van der Waals surface area contributed by atoms with Gasteiger partial charge in [0.25, 0.3) is 0 Å². The smallest absolute Gasteiger partial charge is 0.130 e. The third kappa shape index (κ3) is 2.57. The zero-order valence-electron chi connectivity index (χ0n) is 9.71. The zero-order valence-corrected chi connectivity index (χ0v) is 9.71. The van der Waals surface area contributed by atoms with Crippen molar-refractivity contribution in [1.82, 2.24) is 4.90 Å². The van der Waals surface area contributed by atoms with Gasteiger partial charge in [-0.3, -0.25) is 4.90 Å². The molecule has 2 nitrogen and oxygen atoms in total. The number of benzene rings is 1. The largest absolute Gasteiger partial charge is 0.329 e. The van der Waals surface area contributed by atoms with Crippen LogP contribution < -0.4 is 5.73 Å². The Bertz CT molecular complexity index is 318. The molecule has 0 aliphatic carbocycles. The molecule has 16 heavy (non-hydrogen) atoms. The van der Waals surface area contributed by atoms with Gasteiger partial charge in [-0.1, -0.05) is 19.9 Å². The number of likely N-dealkylation sites (N-methyl/N-ethyl adjacent to an activating group) is 1. The molecule has 0 aliphatic rings. The molecule has 1 atom stereocenters. The fraction of sp³-hybridized carbons (Fsp3) is 0.500. The van der Waals surface area contributed by atoms with Crippen molar-refractivity contribution in [3.63, 3.8) is 0 Å². The van der Waals surface area contributed by atoms with E-state index in [1.54, 1.807) is 0 Å². The van der Waals surface area contributed by atoms with Crippen LogP contribution in [-0.4, -0.2) is 24.5 Å². The van der Waals surface area contributed by atoms with Crippen molar-refractivity contribution >= 4 is 0 Å². The number of hydrogen-bond acceptors (Lipinski definition) is 2. The molecular weight excluding hydrogens is 210 g/mol. The van der Waals surface area contributed by atoms with Gasteiger partial charge in [-0.05, 0) is 25.2 Å². The van der Waals surface area contributed by atoms with Crippen molar-refractivity contribution in [2.24, 2.45) is 5.73 Å². The van der Waals surface area contributed by atoms with Crippen molar-refractivity contribution < 1.29 is 8.78 Å². The Morgan fingerprint density at radius 3 is 2.06 bits per heavy atom. The summed E-state index contributed by atoms with van der Waals surface area (Å²) in [4.78, 5) is 1.95. The number of hydrogen-bond donors (Lipinski definition) is 1. The van der Waals surface area contributed by atoms with Crippen LogP contribution in [0.3, 0.4) is 0 Å². The first-order valence-corrected chi connectivity index (χ1v) is 5.53. The van der Waals surface area contributed by atoms with Gasteiger partial charge < -0.3 is 5.73 Å². The fourth-order valence-electron chi connectivity index (χ4n) is 1.94. The maximum atomic E-state index is 13.6. The molecule has 1 rings (SSSR count). The monoisotopic (exact) mass is 228 g/mol. The minimum Gasteiger partial charge on any atom is -0.329 e. The Hall–Kier alpha value is -1.00. The Labute approximate surface area is 95.1 Å². The fourth-order valence-corrected chi connectivity index (χ4v) is 1.94. The average molecular weight is 228 g/mol. The van der Waals surface area contributed by atoms with E-state index in [1.165, 1.54) is 18.2 Å². The summed E-state index contributed by atoms with van der Waals surface area (Å²) in [6, 6.07) is 3.51. The molecule has 1 aromatic carbocycles. The second-order valence-corrected chi connectivity index (χ2v) is 3.61. The lowest BCUT2D eigenvalue weighted by Crippen LogP contribution is -2.34. The van der Waals surface area contributed by atoms with E-state index in [0.29, 0.717) is 13.1 Å². The van der Waals surface area contributed by atoms with Crippen molar-refractivity contribution in [2.75, 3.05) is 19.6 Å². The van der Waals surface area contributed by atoms with Gasteiger partial charge in [-0.25, -0.2) is 8.78 Å². The van der Waals surface area contributed by atoms with Gasteiger partial charge >= 0.3 is 0 Å². The predicted molar refractivity (Wildman–Crippen MR) is 61.1 cm³/mol. The van der Waals surface area contributed by atoms with E-state index in [4.69, 9.17) is 5.73 Å². The zero-order chi connectivity index (χ0) is 12.1. The lowest BCUT2D eigenvalue weighted by molar-refractivity contribution is 0.214. The molecule has 0 saturated heterocycles. The molecule has 0 heterocycles. The summed E-state index contributed by atoms with van der Waals surface area (Å²) in [6.45, 7) is 5.54. The van der Waals surface area contributed by atoms with Crippen molar-refractivity contribution in [2.45, 2.75) is 19.9 Å². The molecule has 90 valence electrons. The maximum Gasteiger partial charge on any atom is 0.130 e. The van der Waals surface area contributed by atoms with E-state index < -0.39 is 17.7 Å². The summed E-state index contributed by atoms with van der Waals surface area (Å²) in [6.07, 6.45) is 0. The van der Waals surface area contributed by atoms with Crippen LogP contribution in [0, 0.1) is 11.6 Å². The molecule has 2 N–H and O–H groups in total. The molecule has 1 aromatic rings. The van der Waals surface area contributed by atoms with E-state index in [9.17, 15) is 8.78 Å². The van der Waals surface area contributed by atoms with E-state index in [-0.39, 0.29) is 12.1 Å². The van der Waals surface area contributed by atoms with E-state index >= 15 is 0 Å². The van der Waals surface area contributed by atoms with Gasteiger partial charge in [0, 0.05) is 12.1 Å². The molecule has 0 amide bonds. The second-order valence-electron chi connectivity index (χ2n) is 3.61. The summed E-state index contributed by atoms with van der Waals surface area (Å²) in [5.74, 6) is -1.05. The molecule has 0 aliphatic heterocycles. The molecule has 0 bridgehead atoms. The summed E-state index contributed by atoms with van der Waals surface area (Å²) >= 11 is 0. The van der Waals surface area contributed by atoms with Gasteiger partial charge in [0.1, 0.15) is 11.6 Å². The molecule has 0 aromatic heterocycles. The number of halogens is 2. The number of rotatable bonds is 5. The quantitative estimate of drug-likeness (QED) is 0.838. The Balaban J connectivity index is 3.12. The highest BCUT2D eigenvalue weighted by Crippen LogP contribution is 2.24. The van der Waals surface area contributed by atoms with Gasteiger partial charge in [0.05, 0.1) is 6.04 Å². The highest BCUT2D eigenvalue weighted by atomic mass is 19.1. The summed E-state index contributed by atoms with van der Waals surface area (Å²) in [5, 5.41) is 0. The summed E-state index contributed by atoms with van der Waals surface area (Å²) in [5.41, 5.74) is 5.70. The first-order valence-electron chi connectivity index (χ1n) is 5.53. The average Bonchev–Trinajstić information content (AvgIpc) is 2.28. The first kappa shape index (κ1) is 13.1. The van der Waals surface area contributed by atoms with Gasteiger partial charge in [-0.2, -0.15) is 0 Å². The second kappa shape index (κ2) is 5.92. The van der Waals surface area contributed by atoms with Crippen molar-refractivity contribution in [3.05, 3.63) is 35.4 Å². The van der Waals surface area contributed by atoms with Crippen LogP contribution in [0.4, 0.5) is 8.78 Å². The standard InChI is InChI=1S/C12H18F2N2/c1-3-16(4-2)11(8-15)12-9(13)6-5-7-10(12)14/h5-7,11H,3-4,8,15H2,1-2H3. The minimum absolute atomic E-state index is 0.0775. The lowest BCUT2D eigenvalue weighted by Gasteiger charge is -2.29. The van der Waals surface area contributed by atoms with Gasteiger partial charge in [0.15, 0.2) is 0 Å². The van der Waals surface area contributed by atoms with Crippen LogP contribution in [-0.2, 0) is 0 Å². The van der Waals surface area contributed by atoms with Gasteiger partial charge in [0.2, 0.25) is 0 Å². The third-order valence-corrected chi connectivity index (χ3v) is 2.81. The van der Waals surface area contributed by atoms with Gasteiger partial charge in [-0.15, -0.1) is 0 Å². The molecule has 4 heteroatoms. The van der Waals surface area contributed by atoms with Crippen LogP contribution >= 0.6 is 0 Å². The molecule has 0 spiro atoms. The minimum atomic E-state index is -0.526. The highest BCUT2D eigenvalue weighted by Gasteiger charge is 2.22. The summed E-state index contributed by atoms with van der Waals surface area (Å²) < 4.78 is 27.2. The molecule has 0 radical (unpaired) electrons. The van der Waals surface area contributed by atoms with E-state index in [1.807, 2.05) is 18.7 Å². The van der Waals surface area contributed by atoms with Crippen LogP contribution in [0.15, 0.2) is 18.2 Å². The van der Waals surface area contributed by atoms with Crippen LogP contribution in [0.25, 0.3) is 0 Å².